The molecule has 2 aliphatic rings. The summed E-state index contributed by atoms with van der Waals surface area (Å²) < 4.78 is 43.3. The average Bonchev–Trinajstić information content (AvgIpc) is 2.93. The molecule has 0 radical (unpaired) electrons. The van der Waals surface area contributed by atoms with Gasteiger partial charge in [-0.05, 0) is 29.3 Å². The number of ether oxygens (including phenoxy) is 1. The summed E-state index contributed by atoms with van der Waals surface area (Å²) in [5.41, 5.74) is 0.505. The van der Waals surface area contributed by atoms with Gasteiger partial charge in [-0.1, -0.05) is 0 Å². The molecular formula is C12H11F3N2O2. The smallest absolute Gasteiger partial charge is 0.438 e. The van der Waals surface area contributed by atoms with Crippen LogP contribution in [0.2, 0.25) is 0 Å². The molecule has 0 spiro atoms. The number of rotatable bonds is 1. The van der Waals surface area contributed by atoms with Crippen molar-refractivity contribution in [2.45, 2.75) is 24.7 Å². The number of hydrogen-bond donors (Lipinski definition) is 2. The number of alkyl halides is 3. The third-order valence-corrected chi connectivity index (χ3v) is 3.29. The van der Waals surface area contributed by atoms with Crippen molar-refractivity contribution in [1.29, 1.82) is 0 Å². The van der Waals surface area contributed by atoms with E-state index in [-0.39, 0.29) is 5.71 Å². The summed E-state index contributed by atoms with van der Waals surface area (Å²) in [6, 6.07) is 5.11. The zero-order chi connectivity index (χ0) is 13.7. The topological polar surface area (TPSA) is 53.9 Å². The molecule has 0 bridgehead atoms. The van der Waals surface area contributed by atoms with Crippen LogP contribution in [0.1, 0.15) is 17.5 Å². The Morgan fingerprint density at radius 3 is 2.84 bits per heavy atom. The summed E-state index contributed by atoms with van der Waals surface area (Å²) in [5, 5.41) is 13.1. The van der Waals surface area contributed by atoms with Gasteiger partial charge in [0, 0.05) is 6.42 Å². The first-order valence-corrected chi connectivity index (χ1v) is 5.78. The monoisotopic (exact) mass is 272 g/mol. The van der Waals surface area contributed by atoms with E-state index in [1.807, 2.05) is 0 Å². The molecule has 1 aromatic rings. The van der Waals surface area contributed by atoms with E-state index in [4.69, 9.17) is 4.74 Å². The minimum atomic E-state index is -4.77. The number of fused-ring (bicyclic) bond motifs is 1. The molecule has 2 heterocycles. The van der Waals surface area contributed by atoms with Crippen LogP contribution < -0.4 is 10.2 Å². The van der Waals surface area contributed by atoms with Crippen molar-refractivity contribution in [3.63, 3.8) is 0 Å². The van der Waals surface area contributed by atoms with Crippen LogP contribution in [0.5, 0.6) is 5.75 Å². The highest BCUT2D eigenvalue weighted by molar-refractivity contribution is 6.02. The van der Waals surface area contributed by atoms with Gasteiger partial charge in [0.05, 0.1) is 18.7 Å². The van der Waals surface area contributed by atoms with Crippen molar-refractivity contribution in [2.75, 3.05) is 6.61 Å². The summed E-state index contributed by atoms with van der Waals surface area (Å²) in [7, 11) is 0. The van der Waals surface area contributed by atoms with Crippen molar-refractivity contribution in [3.8, 4) is 5.75 Å². The highest BCUT2D eigenvalue weighted by Gasteiger charge is 2.57. The summed E-state index contributed by atoms with van der Waals surface area (Å²) in [6.45, 7) is 0.579. The second kappa shape index (κ2) is 3.86. The minimum absolute atomic E-state index is 0.189. The van der Waals surface area contributed by atoms with Gasteiger partial charge in [0.2, 0.25) is 0 Å². The highest BCUT2D eigenvalue weighted by Crippen LogP contribution is 2.35. The number of hydrogen-bond acceptors (Lipinski definition) is 4. The lowest BCUT2D eigenvalue weighted by Gasteiger charge is -2.24. The number of aliphatic hydroxyl groups is 1. The molecule has 2 aliphatic heterocycles. The van der Waals surface area contributed by atoms with Crippen LogP contribution in [0.3, 0.4) is 0 Å². The molecule has 7 heteroatoms. The number of nitrogens with zero attached hydrogens (tertiary/aromatic N) is 1. The average molecular weight is 272 g/mol. The standard InChI is InChI=1S/C12H11F3N2O2/c13-12(14,15)11(18)6-9(16-17-11)7-1-2-10-8(5-7)3-4-19-10/h1-2,5,17-18H,3-4,6H2/t11-/m1/s1. The van der Waals surface area contributed by atoms with Crippen LogP contribution >= 0.6 is 0 Å². The number of halogens is 3. The molecule has 0 aromatic heterocycles. The lowest BCUT2D eigenvalue weighted by molar-refractivity contribution is -0.266. The normalized spacial score (nSPS) is 25.6. The highest BCUT2D eigenvalue weighted by atomic mass is 19.4. The first-order valence-electron chi connectivity index (χ1n) is 5.78. The van der Waals surface area contributed by atoms with Crippen LogP contribution in [0.4, 0.5) is 13.2 Å². The van der Waals surface area contributed by atoms with Crippen LogP contribution in [0.15, 0.2) is 23.3 Å². The van der Waals surface area contributed by atoms with E-state index in [9.17, 15) is 18.3 Å². The molecule has 0 saturated carbocycles. The minimum Gasteiger partial charge on any atom is -0.493 e. The molecule has 0 aliphatic carbocycles. The predicted molar refractivity (Wildman–Crippen MR) is 60.9 cm³/mol. The van der Waals surface area contributed by atoms with Crippen LogP contribution in [-0.2, 0) is 6.42 Å². The maximum atomic E-state index is 12.6. The fourth-order valence-electron chi connectivity index (χ4n) is 2.18. The number of hydrazone groups is 1. The SMILES string of the molecule is O[C@@]1(C(F)(F)F)CC(c2ccc3c(c2)CCO3)=NN1. The Labute approximate surface area is 106 Å². The summed E-state index contributed by atoms with van der Waals surface area (Å²) in [5.74, 6) is 0.751. The third-order valence-electron chi connectivity index (χ3n) is 3.29. The second-order valence-corrected chi connectivity index (χ2v) is 4.63. The van der Waals surface area contributed by atoms with Crippen LogP contribution in [0, 0.1) is 0 Å². The summed E-state index contributed by atoms with van der Waals surface area (Å²) >= 11 is 0. The first-order chi connectivity index (χ1) is 8.89. The van der Waals surface area contributed by atoms with Crippen molar-refractivity contribution in [1.82, 2.24) is 5.43 Å². The van der Waals surface area contributed by atoms with Gasteiger partial charge in [-0.3, -0.25) is 5.43 Å². The van der Waals surface area contributed by atoms with E-state index in [2.05, 4.69) is 5.10 Å². The molecule has 4 nitrogen and oxygen atoms in total. The first kappa shape index (κ1) is 12.3. The Bertz CT molecular complexity index is 556. The van der Waals surface area contributed by atoms with E-state index in [1.165, 1.54) is 0 Å². The van der Waals surface area contributed by atoms with Gasteiger partial charge in [-0.25, -0.2) is 0 Å². The van der Waals surface area contributed by atoms with E-state index in [0.717, 1.165) is 17.7 Å². The number of benzene rings is 1. The van der Waals surface area contributed by atoms with Crippen molar-refractivity contribution >= 4 is 5.71 Å². The Morgan fingerprint density at radius 2 is 2.16 bits per heavy atom. The van der Waals surface area contributed by atoms with Gasteiger partial charge >= 0.3 is 6.18 Å². The molecule has 102 valence electrons. The van der Waals surface area contributed by atoms with E-state index >= 15 is 0 Å². The van der Waals surface area contributed by atoms with Crippen LogP contribution in [0.25, 0.3) is 0 Å². The van der Waals surface area contributed by atoms with Gasteiger partial charge in [0.1, 0.15) is 5.75 Å². The lowest BCUT2D eigenvalue weighted by Crippen LogP contribution is -2.52. The van der Waals surface area contributed by atoms with Crippen LogP contribution in [-0.4, -0.2) is 29.3 Å². The quantitative estimate of drug-likeness (QED) is 0.816. The molecule has 0 amide bonds. The molecule has 2 N–H and O–H groups in total. The van der Waals surface area contributed by atoms with Gasteiger partial charge < -0.3 is 9.84 Å². The zero-order valence-corrected chi connectivity index (χ0v) is 9.79. The summed E-state index contributed by atoms with van der Waals surface area (Å²) in [4.78, 5) is 0. The Morgan fingerprint density at radius 1 is 1.37 bits per heavy atom. The predicted octanol–water partition coefficient (Wildman–Crippen LogP) is 1.57. The fourth-order valence-corrected chi connectivity index (χ4v) is 2.18. The van der Waals surface area contributed by atoms with Crippen molar-refractivity contribution in [3.05, 3.63) is 29.3 Å². The number of nitrogens with one attached hydrogen (secondary N) is 1. The van der Waals surface area contributed by atoms with Gasteiger partial charge in [-0.2, -0.15) is 18.3 Å². The molecule has 3 rings (SSSR count). The van der Waals surface area contributed by atoms with Gasteiger partial charge in [0.15, 0.2) is 0 Å². The van der Waals surface area contributed by atoms with Gasteiger partial charge in [-0.15, -0.1) is 0 Å². The Hall–Kier alpha value is -1.76. The molecule has 1 atom stereocenters. The maximum Gasteiger partial charge on any atom is 0.438 e. The van der Waals surface area contributed by atoms with Gasteiger partial charge in [0.25, 0.3) is 5.72 Å². The largest absolute Gasteiger partial charge is 0.493 e. The second-order valence-electron chi connectivity index (χ2n) is 4.63. The molecule has 1 aromatic carbocycles. The molecule has 0 saturated heterocycles. The van der Waals surface area contributed by atoms with Crippen molar-refractivity contribution in [2.24, 2.45) is 5.10 Å². The third kappa shape index (κ3) is 1.94. The lowest BCUT2D eigenvalue weighted by atomic mass is 9.99. The van der Waals surface area contributed by atoms with E-state index in [1.54, 1.807) is 23.6 Å². The Balaban J connectivity index is 1.86. The maximum absolute atomic E-state index is 12.6. The van der Waals surface area contributed by atoms with E-state index in [0.29, 0.717) is 12.2 Å². The molecule has 19 heavy (non-hydrogen) atoms. The molecule has 0 unspecified atom stereocenters. The Kier molecular flexibility index (Phi) is 2.50. The molecule has 0 fully saturated rings. The fraction of sp³-hybridized carbons (Fsp3) is 0.417. The zero-order valence-electron chi connectivity index (χ0n) is 9.79. The molecular weight excluding hydrogens is 261 g/mol. The van der Waals surface area contributed by atoms with Crippen molar-refractivity contribution < 1.29 is 23.0 Å². The summed E-state index contributed by atoms with van der Waals surface area (Å²) in [6.07, 6.45) is -4.64. The van der Waals surface area contributed by atoms with E-state index < -0.39 is 18.3 Å².